The number of esters is 1. The first-order chi connectivity index (χ1) is 9.47. The molecule has 0 bridgehead atoms. The van der Waals surface area contributed by atoms with E-state index in [1.165, 1.54) is 0 Å². The first kappa shape index (κ1) is 17.8. The van der Waals surface area contributed by atoms with Gasteiger partial charge in [0.15, 0.2) is 0 Å². The van der Waals surface area contributed by atoms with Crippen LogP contribution in [0.25, 0.3) is 0 Å². The number of ether oxygens (including phenoxy) is 1. The van der Waals surface area contributed by atoms with Crippen LogP contribution in [-0.2, 0) is 9.53 Å². The Hall–Kier alpha value is -0.260. The fourth-order valence-corrected chi connectivity index (χ4v) is 4.03. The van der Waals surface area contributed by atoms with Crippen LogP contribution in [0.15, 0.2) is 0 Å². The molecule has 0 aromatic carbocycles. The van der Waals surface area contributed by atoms with Crippen molar-refractivity contribution in [3.63, 3.8) is 0 Å². The molecular formula is C15H29NO3S. The van der Waals surface area contributed by atoms with Gasteiger partial charge in [-0.05, 0) is 51.8 Å². The number of hydrogen-bond acceptors (Lipinski definition) is 5. The van der Waals surface area contributed by atoms with Crippen LogP contribution in [0.1, 0.15) is 46.5 Å². The lowest BCUT2D eigenvalue weighted by Gasteiger charge is -2.33. The highest BCUT2D eigenvalue weighted by Gasteiger charge is 2.48. The fourth-order valence-electron chi connectivity index (χ4n) is 2.96. The van der Waals surface area contributed by atoms with Crippen molar-refractivity contribution in [3.05, 3.63) is 0 Å². The first-order valence-corrected chi connectivity index (χ1v) is 8.68. The van der Waals surface area contributed by atoms with Crippen molar-refractivity contribution in [3.8, 4) is 0 Å². The Bertz CT molecular complexity index is 311. The highest BCUT2D eigenvalue weighted by molar-refractivity contribution is 7.99. The minimum atomic E-state index is -0.495. The molecule has 5 heteroatoms. The summed E-state index contributed by atoms with van der Waals surface area (Å²) in [6, 6.07) is 0. The Morgan fingerprint density at radius 2 is 2.25 bits per heavy atom. The molecule has 2 N–H and O–H groups in total. The Balaban J connectivity index is 2.56. The van der Waals surface area contributed by atoms with E-state index in [4.69, 9.17) is 4.74 Å². The molecule has 1 fully saturated rings. The van der Waals surface area contributed by atoms with Gasteiger partial charge in [-0.3, -0.25) is 4.79 Å². The average molecular weight is 303 g/mol. The summed E-state index contributed by atoms with van der Waals surface area (Å²) in [5.41, 5.74) is -0.495. The van der Waals surface area contributed by atoms with E-state index in [2.05, 4.69) is 5.32 Å². The Morgan fingerprint density at radius 1 is 1.55 bits per heavy atom. The Labute approximate surface area is 127 Å². The molecule has 4 nitrogen and oxygen atoms in total. The van der Waals surface area contributed by atoms with Crippen molar-refractivity contribution in [1.82, 2.24) is 5.32 Å². The Morgan fingerprint density at radius 3 is 2.80 bits per heavy atom. The molecule has 1 saturated carbocycles. The van der Waals surface area contributed by atoms with Gasteiger partial charge in [0.25, 0.3) is 0 Å². The van der Waals surface area contributed by atoms with E-state index in [0.29, 0.717) is 12.5 Å². The maximum atomic E-state index is 12.3. The van der Waals surface area contributed by atoms with E-state index in [1.807, 2.05) is 27.8 Å². The summed E-state index contributed by atoms with van der Waals surface area (Å²) < 4.78 is 5.27. The zero-order valence-electron chi connectivity index (χ0n) is 13.1. The lowest BCUT2D eigenvalue weighted by molar-refractivity contribution is -0.152. The van der Waals surface area contributed by atoms with E-state index < -0.39 is 5.54 Å². The van der Waals surface area contributed by atoms with Crippen LogP contribution in [0.4, 0.5) is 0 Å². The molecule has 0 amide bonds. The largest absolute Gasteiger partial charge is 0.465 e. The number of nitrogens with one attached hydrogen (secondary N) is 1. The molecule has 0 spiro atoms. The summed E-state index contributed by atoms with van der Waals surface area (Å²) in [5, 5.41) is 13.0. The lowest BCUT2D eigenvalue weighted by atomic mass is 9.85. The summed E-state index contributed by atoms with van der Waals surface area (Å²) in [7, 11) is 1.86. The quantitative estimate of drug-likeness (QED) is 0.673. The van der Waals surface area contributed by atoms with Crippen LogP contribution in [0, 0.1) is 5.92 Å². The number of aliphatic hydroxyl groups is 1. The maximum Gasteiger partial charge on any atom is 0.326 e. The third-order valence-electron chi connectivity index (χ3n) is 4.43. The van der Waals surface area contributed by atoms with Crippen molar-refractivity contribution < 1.29 is 14.6 Å². The number of thioether (sulfide) groups is 1. The van der Waals surface area contributed by atoms with E-state index in [-0.39, 0.29) is 17.3 Å². The molecule has 1 rings (SSSR count). The van der Waals surface area contributed by atoms with Crippen molar-refractivity contribution >= 4 is 17.7 Å². The number of carbonyl (C=O) groups is 1. The van der Waals surface area contributed by atoms with Gasteiger partial charge in [0.2, 0.25) is 0 Å². The van der Waals surface area contributed by atoms with Crippen LogP contribution in [0.3, 0.4) is 0 Å². The number of likely N-dealkylation sites (N-methyl/N-ethyl adjacent to an activating group) is 1. The van der Waals surface area contributed by atoms with Crippen LogP contribution < -0.4 is 5.32 Å². The zero-order chi connectivity index (χ0) is 15.2. The molecule has 0 saturated heterocycles. The van der Waals surface area contributed by atoms with Crippen molar-refractivity contribution in [2.24, 2.45) is 5.92 Å². The molecule has 0 aromatic rings. The molecular weight excluding hydrogens is 274 g/mol. The molecule has 20 heavy (non-hydrogen) atoms. The van der Waals surface area contributed by atoms with Crippen LogP contribution >= 0.6 is 11.8 Å². The van der Waals surface area contributed by atoms with Crippen molar-refractivity contribution in [2.75, 3.05) is 19.4 Å². The summed E-state index contributed by atoms with van der Waals surface area (Å²) in [6.07, 6.45) is 3.71. The van der Waals surface area contributed by atoms with Crippen molar-refractivity contribution in [2.45, 2.75) is 63.3 Å². The van der Waals surface area contributed by atoms with Crippen LogP contribution in [0.2, 0.25) is 0 Å². The van der Waals surface area contributed by atoms with Gasteiger partial charge in [-0.2, -0.15) is 11.8 Å². The third kappa shape index (κ3) is 4.12. The standard InChI is InChI=1S/C15H29NO3S/c1-5-19-14(18)15(16-4)9-6-7-13(15)8-10-20-12(3)11(2)17/h11-13,16-17H,5-10H2,1-4H3. The highest BCUT2D eigenvalue weighted by Crippen LogP contribution is 2.39. The van der Waals surface area contributed by atoms with Crippen LogP contribution in [0.5, 0.6) is 0 Å². The van der Waals surface area contributed by atoms with Gasteiger partial charge in [0.1, 0.15) is 5.54 Å². The average Bonchev–Trinajstić information content (AvgIpc) is 2.83. The van der Waals surface area contributed by atoms with Gasteiger partial charge in [-0.1, -0.05) is 13.3 Å². The second-order valence-corrected chi connectivity index (χ2v) is 7.12. The molecule has 0 heterocycles. The molecule has 0 radical (unpaired) electrons. The summed E-state index contributed by atoms with van der Waals surface area (Å²) in [6.45, 7) is 6.15. The number of aliphatic hydroxyl groups excluding tert-OH is 1. The van der Waals surface area contributed by atoms with Crippen LogP contribution in [-0.4, -0.2) is 47.4 Å². The summed E-state index contributed by atoms with van der Waals surface area (Å²) in [4.78, 5) is 12.3. The van der Waals surface area contributed by atoms with Gasteiger partial charge in [0.05, 0.1) is 12.7 Å². The molecule has 0 aromatic heterocycles. The molecule has 4 atom stereocenters. The monoisotopic (exact) mass is 303 g/mol. The zero-order valence-corrected chi connectivity index (χ0v) is 14.0. The number of hydrogen-bond donors (Lipinski definition) is 2. The number of carbonyl (C=O) groups excluding carboxylic acids is 1. The molecule has 1 aliphatic rings. The molecule has 118 valence electrons. The molecule has 1 aliphatic carbocycles. The van der Waals surface area contributed by atoms with Gasteiger partial charge in [-0.15, -0.1) is 0 Å². The molecule has 4 unspecified atom stereocenters. The predicted octanol–water partition coefficient (Wildman–Crippen LogP) is 2.20. The topological polar surface area (TPSA) is 58.6 Å². The normalized spacial score (nSPS) is 29.1. The van der Waals surface area contributed by atoms with E-state index in [0.717, 1.165) is 31.4 Å². The minimum Gasteiger partial charge on any atom is -0.465 e. The lowest BCUT2D eigenvalue weighted by Crippen LogP contribution is -2.54. The van der Waals surface area contributed by atoms with Gasteiger partial charge < -0.3 is 15.2 Å². The Kier molecular flexibility index (Phi) is 7.34. The highest BCUT2D eigenvalue weighted by atomic mass is 32.2. The van der Waals surface area contributed by atoms with Gasteiger partial charge in [0, 0.05) is 5.25 Å². The van der Waals surface area contributed by atoms with E-state index in [1.54, 1.807) is 11.8 Å². The van der Waals surface area contributed by atoms with E-state index >= 15 is 0 Å². The smallest absolute Gasteiger partial charge is 0.326 e. The third-order valence-corrected chi connectivity index (χ3v) is 5.82. The van der Waals surface area contributed by atoms with Gasteiger partial charge in [-0.25, -0.2) is 0 Å². The second-order valence-electron chi connectivity index (χ2n) is 5.64. The van der Waals surface area contributed by atoms with Crippen molar-refractivity contribution in [1.29, 1.82) is 0 Å². The fraction of sp³-hybridized carbons (Fsp3) is 0.933. The molecule has 0 aliphatic heterocycles. The summed E-state index contributed by atoms with van der Waals surface area (Å²) >= 11 is 1.78. The van der Waals surface area contributed by atoms with Gasteiger partial charge >= 0.3 is 5.97 Å². The maximum absolute atomic E-state index is 12.3. The number of rotatable bonds is 8. The second kappa shape index (κ2) is 8.25. The first-order valence-electron chi connectivity index (χ1n) is 7.63. The van der Waals surface area contributed by atoms with E-state index in [9.17, 15) is 9.90 Å². The summed E-state index contributed by atoms with van der Waals surface area (Å²) in [5.74, 6) is 1.21. The minimum absolute atomic E-state index is 0.0985. The predicted molar refractivity (Wildman–Crippen MR) is 84.0 cm³/mol. The SMILES string of the molecule is CCOC(=O)C1(NC)CCCC1CCSC(C)C(C)O.